The smallest absolute Gasteiger partial charge is 0.278 e. The lowest BCUT2D eigenvalue weighted by molar-refractivity contribution is -0.367. The molecule has 2 nitrogen and oxygen atoms in total. The van der Waals surface area contributed by atoms with Crippen LogP contribution < -0.4 is 10.7 Å². The van der Waals surface area contributed by atoms with Gasteiger partial charge in [-0.05, 0) is 17.9 Å². The molecule has 0 aliphatic heterocycles. The monoisotopic (exact) mass is 217 g/mol. The third-order valence-electron chi connectivity index (χ3n) is 3.00. The second-order valence-electron chi connectivity index (χ2n) is 4.04. The number of hydrogen-bond acceptors (Lipinski definition) is 2. The Hall–Kier alpha value is -1.35. The van der Waals surface area contributed by atoms with E-state index in [-0.39, 0.29) is 0 Å². The molecule has 1 aliphatic carbocycles. The lowest BCUT2D eigenvalue weighted by Gasteiger charge is -1.96. The SMILES string of the molecule is Nc1[nH+]c([C@@H]2C[C@H]2c2ccccc2)cs1. The Morgan fingerprint density at radius 1 is 1.20 bits per heavy atom. The minimum Gasteiger partial charge on any atom is -0.278 e. The van der Waals surface area contributed by atoms with Crippen LogP contribution in [0.1, 0.15) is 29.5 Å². The van der Waals surface area contributed by atoms with Crippen LogP contribution in [0, 0.1) is 0 Å². The highest BCUT2D eigenvalue weighted by Gasteiger charge is 2.42. The predicted molar refractivity (Wildman–Crippen MR) is 61.8 cm³/mol. The summed E-state index contributed by atoms with van der Waals surface area (Å²) in [6, 6.07) is 10.7. The van der Waals surface area contributed by atoms with E-state index in [1.54, 1.807) is 11.3 Å². The van der Waals surface area contributed by atoms with Crippen molar-refractivity contribution in [1.29, 1.82) is 0 Å². The zero-order valence-corrected chi connectivity index (χ0v) is 9.13. The topological polar surface area (TPSA) is 40.2 Å². The van der Waals surface area contributed by atoms with E-state index in [0.29, 0.717) is 11.8 Å². The van der Waals surface area contributed by atoms with Crippen LogP contribution in [0.4, 0.5) is 5.13 Å². The first-order chi connectivity index (χ1) is 7.34. The predicted octanol–water partition coefficient (Wildman–Crippen LogP) is 2.42. The second kappa shape index (κ2) is 3.35. The Balaban J connectivity index is 1.80. The van der Waals surface area contributed by atoms with E-state index < -0.39 is 0 Å². The number of nitrogens with one attached hydrogen (secondary N) is 1. The third-order valence-corrected chi connectivity index (χ3v) is 3.73. The van der Waals surface area contributed by atoms with E-state index in [1.807, 2.05) is 0 Å². The molecule has 3 heteroatoms. The summed E-state index contributed by atoms with van der Waals surface area (Å²) in [6.07, 6.45) is 1.25. The van der Waals surface area contributed by atoms with Crippen molar-refractivity contribution in [2.75, 3.05) is 5.73 Å². The van der Waals surface area contributed by atoms with E-state index in [9.17, 15) is 0 Å². The summed E-state index contributed by atoms with van der Waals surface area (Å²) < 4.78 is 0. The highest BCUT2D eigenvalue weighted by Crippen LogP contribution is 2.53. The molecule has 1 fully saturated rings. The number of rotatable bonds is 2. The minimum atomic E-state index is 0.654. The number of hydrogen-bond donors (Lipinski definition) is 1. The van der Waals surface area contributed by atoms with Gasteiger partial charge in [0.1, 0.15) is 5.69 Å². The molecule has 1 saturated carbocycles. The highest BCUT2D eigenvalue weighted by molar-refractivity contribution is 7.13. The molecule has 1 heterocycles. The fourth-order valence-electron chi connectivity index (χ4n) is 2.12. The number of H-pyrrole nitrogens is 1. The fourth-order valence-corrected chi connectivity index (χ4v) is 2.78. The van der Waals surface area contributed by atoms with Crippen molar-refractivity contribution in [1.82, 2.24) is 0 Å². The molecular weight excluding hydrogens is 204 g/mol. The molecule has 0 saturated heterocycles. The number of nitrogen functional groups attached to an aromatic ring is 1. The Morgan fingerprint density at radius 3 is 2.67 bits per heavy atom. The number of benzene rings is 1. The van der Waals surface area contributed by atoms with Crippen LogP contribution in [0.3, 0.4) is 0 Å². The van der Waals surface area contributed by atoms with Crippen molar-refractivity contribution in [2.24, 2.45) is 0 Å². The maximum Gasteiger partial charge on any atom is 0.329 e. The summed E-state index contributed by atoms with van der Waals surface area (Å²) in [6.45, 7) is 0. The van der Waals surface area contributed by atoms with Gasteiger partial charge in [0.05, 0.1) is 0 Å². The lowest BCUT2D eigenvalue weighted by atomic mass is 10.1. The average Bonchev–Trinajstić information content (AvgIpc) is 2.96. The Kier molecular flexibility index (Phi) is 1.99. The standard InChI is InChI=1S/C12H12N2S/c13-12-14-11(7-15-12)10-6-9(10)8-4-2-1-3-5-8/h1-5,7,9-10H,6H2,(H2,13,14)/p+1/t9-,10+/m0/s1. The number of anilines is 1. The van der Waals surface area contributed by atoms with Gasteiger partial charge in [-0.2, -0.15) is 0 Å². The Labute approximate surface area is 92.8 Å². The molecule has 76 valence electrons. The van der Waals surface area contributed by atoms with Gasteiger partial charge in [0.25, 0.3) is 0 Å². The maximum absolute atomic E-state index is 5.69. The van der Waals surface area contributed by atoms with Crippen LogP contribution in [0.15, 0.2) is 35.7 Å². The summed E-state index contributed by atoms with van der Waals surface area (Å²) in [4.78, 5) is 3.23. The summed E-state index contributed by atoms with van der Waals surface area (Å²) in [5.41, 5.74) is 8.43. The van der Waals surface area contributed by atoms with Gasteiger partial charge in [0, 0.05) is 11.3 Å². The number of aromatic amines is 1. The van der Waals surface area contributed by atoms with Gasteiger partial charge >= 0.3 is 5.13 Å². The summed E-state index contributed by atoms with van der Waals surface area (Å²) in [5, 5.41) is 2.95. The van der Waals surface area contributed by atoms with Crippen molar-refractivity contribution in [3.63, 3.8) is 0 Å². The Morgan fingerprint density at radius 2 is 2.00 bits per heavy atom. The van der Waals surface area contributed by atoms with Gasteiger partial charge in [-0.3, -0.25) is 5.73 Å². The van der Waals surface area contributed by atoms with Crippen LogP contribution in [-0.4, -0.2) is 0 Å². The molecule has 1 aromatic carbocycles. The summed E-state index contributed by atoms with van der Waals surface area (Å²) in [7, 11) is 0. The van der Waals surface area contributed by atoms with E-state index in [2.05, 4.69) is 40.7 Å². The van der Waals surface area contributed by atoms with Crippen molar-refractivity contribution in [3.8, 4) is 0 Å². The molecule has 2 aromatic rings. The van der Waals surface area contributed by atoms with Gasteiger partial charge in [-0.25, -0.2) is 4.98 Å². The molecule has 0 bridgehead atoms. The summed E-state index contributed by atoms with van der Waals surface area (Å²) >= 11 is 1.59. The maximum atomic E-state index is 5.69. The fraction of sp³-hybridized carbons (Fsp3) is 0.250. The molecule has 15 heavy (non-hydrogen) atoms. The largest absolute Gasteiger partial charge is 0.329 e. The van der Waals surface area contributed by atoms with Gasteiger partial charge in [-0.15, -0.1) is 0 Å². The van der Waals surface area contributed by atoms with Gasteiger partial charge in [-0.1, -0.05) is 41.7 Å². The third kappa shape index (κ3) is 1.63. The van der Waals surface area contributed by atoms with Gasteiger partial charge in [0.15, 0.2) is 0 Å². The average molecular weight is 217 g/mol. The zero-order valence-electron chi connectivity index (χ0n) is 8.31. The van der Waals surface area contributed by atoms with Gasteiger partial charge < -0.3 is 0 Å². The van der Waals surface area contributed by atoms with Gasteiger partial charge in [0.2, 0.25) is 0 Å². The second-order valence-corrected chi connectivity index (χ2v) is 4.95. The van der Waals surface area contributed by atoms with E-state index in [0.717, 1.165) is 5.13 Å². The number of nitrogens with two attached hydrogens (primary N) is 1. The van der Waals surface area contributed by atoms with E-state index in [4.69, 9.17) is 5.73 Å². The number of aromatic nitrogens is 1. The van der Waals surface area contributed by atoms with Crippen molar-refractivity contribution in [2.45, 2.75) is 18.3 Å². The molecular formula is C12H13N2S+. The summed E-state index contributed by atoms with van der Waals surface area (Å²) in [5.74, 6) is 1.34. The molecule has 2 atom stereocenters. The Bertz CT molecular complexity index is 463. The lowest BCUT2D eigenvalue weighted by Crippen LogP contribution is -2.09. The number of thiazole rings is 1. The quantitative estimate of drug-likeness (QED) is 0.824. The van der Waals surface area contributed by atoms with Crippen LogP contribution in [0.25, 0.3) is 0 Å². The molecule has 0 unspecified atom stereocenters. The molecule has 0 amide bonds. The molecule has 1 aliphatic rings. The van der Waals surface area contributed by atoms with E-state index in [1.165, 1.54) is 17.7 Å². The first-order valence-electron chi connectivity index (χ1n) is 5.16. The van der Waals surface area contributed by atoms with Crippen molar-refractivity contribution < 1.29 is 4.98 Å². The highest BCUT2D eigenvalue weighted by atomic mass is 32.1. The first-order valence-corrected chi connectivity index (χ1v) is 6.03. The zero-order chi connectivity index (χ0) is 10.3. The van der Waals surface area contributed by atoms with Crippen molar-refractivity contribution in [3.05, 3.63) is 47.0 Å². The van der Waals surface area contributed by atoms with Crippen LogP contribution >= 0.6 is 11.3 Å². The van der Waals surface area contributed by atoms with Crippen LogP contribution in [0.5, 0.6) is 0 Å². The van der Waals surface area contributed by atoms with E-state index >= 15 is 0 Å². The van der Waals surface area contributed by atoms with Crippen molar-refractivity contribution >= 4 is 16.5 Å². The molecule has 3 N–H and O–H groups in total. The molecule has 1 aromatic heterocycles. The molecule has 0 spiro atoms. The first kappa shape index (κ1) is 8.92. The van der Waals surface area contributed by atoms with Crippen LogP contribution in [0.2, 0.25) is 0 Å². The van der Waals surface area contributed by atoms with Crippen LogP contribution in [-0.2, 0) is 0 Å². The minimum absolute atomic E-state index is 0.654. The normalized spacial score (nSPS) is 24.0. The molecule has 0 radical (unpaired) electrons. The molecule has 3 rings (SSSR count).